The second-order valence-electron chi connectivity index (χ2n) is 9.64. The molecule has 0 atom stereocenters. The Bertz CT molecular complexity index is 1220. The highest BCUT2D eigenvalue weighted by Crippen LogP contribution is 2.38. The van der Waals surface area contributed by atoms with Crippen molar-refractivity contribution in [2.24, 2.45) is 5.92 Å². The number of aromatic nitrogens is 2. The van der Waals surface area contributed by atoms with Gasteiger partial charge in [0.2, 0.25) is 0 Å². The van der Waals surface area contributed by atoms with Gasteiger partial charge in [0.25, 0.3) is 0 Å². The summed E-state index contributed by atoms with van der Waals surface area (Å²) in [5, 5.41) is 0. The second-order valence-corrected chi connectivity index (χ2v) is 9.64. The van der Waals surface area contributed by atoms with Crippen LogP contribution >= 0.6 is 0 Å². The van der Waals surface area contributed by atoms with E-state index in [0.29, 0.717) is 23.2 Å². The molecular weight excluding hydrogens is 459 g/mol. The average Bonchev–Trinajstić information content (AvgIpc) is 3.26. The molecule has 0 spiro atoms. The average molecular weight is 490 g/mol. The number of benzene rings is 3. The fraction of sp³-hybridized carbons (Fsp3) is 0.300. The molecule has 1 N–H and O–H groups in total. The van der Waals surface area contributed by atoms with Crippen LogP contribution in [0.25, 0.3) is 11.4 Å². The molecule has 6 heteroatoms. The van der Waals surface area contributed by atoms with Gasteiger partial charge in [0.15, 0.2) is 0 Å². The van der Waals surface area contributed by atoms with E-state index in [9.17, 15) is 13.2 Å². The van der Waals surface area contributed by atoms with Crippen LogP contribution in [0.2, 0.25) is 0 Å². The van der Waals surface area contributed by atoms with Crippen LogP contribution in [0.15, 0.2) is 84.9 Å². The third-order valence-corrected chi connectivity index (χ3v) is 7.27. The highest BCUT2D eigenvalue weighted by atomic mass is 19.4. The molecule has 1 fully saturated rings. The summed E-state index contributed by atoms with van der Waals surface area (Å²) in [6, 6.07) is 26.7. The number of rotatable bonds is 6. The maximum Gasteiger partial charge on any atom is 0.416 e. The van der Waals surface area contributed by atoms with Crippen LogP contribution in [-0.2, 0) is 12.7 Å². The van der Waals surface area contributed by atoms with Crippen molar-refractivity contribution in [3.8, 4) is 11.4 Å². The fourth-order valence-electron chi connectivity index (χ4n) is 5.33. The van der Waals surface area contributed by atoms with Gasteiger partial charge in [-0.05, 0) is 62.0 Å². The summed E-state index contributed by atoms with van der Waals surface area (Å²) >= 11 is 0. The lowest BCUT2D eigenvalue weighted by atomic mass is 9.76. The summed E-state index contributed by atoms with van der Waals surface area (Å²) in [7, 11) is 0. The fourth-order valence-corrected chi connectivity index (χ4v) is 5.33. The molecule has 0 radical (unpaired) electrons. The van der Waals surface area contributed by atoms with Gasteiger partial charge in [-0.3, -0.25) is 4.90 Å². The number of imidazole rings is 1. The van der Waals surface area contributed by atoms with Gasteiger partial charge >= 0.3 is 6.18 Å². The van der Waals surface area contributed by atoms with Crippen LogP contribution in [0.4, 0.5) is 13.2 Å². The van der Waals surface area contributed by atoms with Gasteiger partial charge < -0.3 is 4.98 Å². The number of likely N-dealkylation sites (tertiary alicyclic amines) is 1. The summed E-state index contributed by atoms with van der Waals surface area (Å²) in [6.07, 6.45) is -2.13. The minimum Gasteiger partial charge on any atom is -0.341 e. The Kier molecular flexibility index (Phi) is 6.97. The number of hydrogen-bond donors (Lipinski definition) is 1. The Labute approximate surface area is 210 Å². The third-order valence-electron chi connectivity index (χ3n) is 7.27. The molecule has 3 nitrogen and oxygen atoms in total. The molecule has 0 unspecified atom stereocenters. The zero-order valence-electron chi connectivity index (χ0n) is 20.3. The van der Waals surface area contributed by atoms with Gasteiger partial charge in [0, 0.05) is 18.0 Å². The number of aromatic amines is 1. The summed E-state index contributed by atoms with van der Waals surface area (Å²) in [6.45, 7) is 4.70. The van der Waals surface area contributed by atoms with Gasteiger partial charge in [0.05, 0.1) is 17.0 Å². The quantitative estimate of drug-likeness (QED) is 0.305. The molecule has 0 bridgehead atoms. The van der Waals surface area contributed by atoms with Crippen LogP contribution < -0.4 is 0 Å². The maximum absolute atomic E-state index is 12.9. The number of nitrogens with zero attached hydrogens (tertiary/aromatic N) is 2. The summed E-state index contributed by atoms with van der Waals surface area (Å²) in [4.78, 5) is 10.4. The van der Waals surface area contributed by atoms with Crippen LogP contribution in [0.1, 0.15) is 46.8 Å². The van der Waals surface area contributed by atoms with Gasteiger partial charge in [-0.25, -0.2) is 4.98 Å². The van der Waals surface area contributed by atoms with E-state index in [4.69, 9.17) is 0 Å². The van der Waals surface area contributed by atoms with Gasteiger partial charge in [-0.2, -0.15) is 13.2 Å². The molecule has 1 saturated heterocycles. The van der Waals surface area contributed by atoms with Crippen LogP contribution in [0, 0.1) is 12.8 Å². The lowest BCUT2D eigenvalue weighted by Crippen LogP contribution is -2.35. The topological polar surface area (TPSA) is 31.9 Å². The molecular formula is C30H30F3N3. The van der Waals surface area contributed by atoms with Crippen molar-refractivity contribution in [2.75, 3.05) is 13.1 Å². The number of alkyl halides is 3. The SMILES string of the molecule is Cc1nc(-c2ccc(C(F)(F)F)cc2)[nH]c1CN1CCC(C(c2ccccc2)c2ccccc2)CC1. The molecule has 0 saturated carbocycles. The Hall–Kier alpha value is -3.38. The van der Waals surface area contributed by atoms with E-state index < -0.39 is 11.7 Å². The van der Waals surface area contributed by atoms with Gasteiger partial charge in [-0.1, -0.05) is 72.8 Å². The van der Waals surface area contributed by atoms with E-state index >= 15 is 0 Å². The third kappa shape index (κ3) is 5.39. The first kappa shape index (κ1) is 24.3. The van der Waals surface area contributed by atoms with E-state index in [1.807, 2.05) is 6.92 Å². The normalized spacial score (nSPS) is 15.5. The zero-order valence-corrected chi connectivity index (χ0v) is 20.3. The van der Waals surface area contributed by atoms with Crippen molar-refractivity contribution in [3.05, 3.63) is 113 Å². The highest BCUT2D eigenvalue weighted by Gasteiger charge is 2.31. The van der Waals surface area contributed by atoms with Crippen molar-refractivity contribution >= 4 is 0 Å². The molecule has 186 valence electrons. The van der Waals surface area contributed by atoms with E-state index in [1.54, 1.807) is 0 Å². The number of hydrogen-bond acceptors (Lipinski definition) is 2. The number of piperidine rings is 1. The lowest BCUT2D eigenvalue weighted by molar-refractivity contribution is -0.137. The molecule has 1 aliphatic heterocycles. The van der Waals surface area contributed by atoms with Crippen LogP contribution in [0.3, 0.4) is 0 Å². The number of halogens is 3. The largest absolute Gasteiger partial charge is 0.416 e. The van der Waals surface area contributed by atoms with E-state index in [0.717, 1.165) is 56.0 Å². The summed E-state index contributed by atoms with van der Waals surface area (Å²) in [5.74, 6) is 1.56. The number of nitrogens with one attached hydrogen (secondary N) is 1. The van der Waals surface area contributed by atoms with Crippen molar-refractivity contribution in [2.45, 2.75) is 38.4 Å². The van der Waals surface area contributed by atoms with Gasteiger partial charge in [0.1, 0.15) is 5.82 Å². The lowest BCUT2D eigenvalue weighted by Gasteiger charge is -2.36. The Morgan fingerprint density at radius 3 is 1.94 bits per heavy atom. The minimum absolute atomic E-state index is 0.384. The monoisotopic (exact) mass is 489 g/mol. The minimum atomic E-state index is -4.34. The number of aryl methyl sites for hydroxylation is 1. The molecule has 1 aromatic heterocycles. The molecule has 5 rings (SSSR count). The van der Waals surface area contributed by atoms with Crippen molar-refractivity contribution in [1.82, 2.24) is 14.9 Å². The first-order valence-corrected chi connectivity index (χ1v) is 12.4. The molecule has 2 heterocycles. The van der Waals surface area contributed by atoms with Crippen LogP contribution in [0.5, 0.6) is 0 Å². The highest BCUT2D eigenvalue weighted by molar-refractivity contribution is 5.56. The Balaban J connectivity index is 1.26. The van der Waals surface area contributed by atoms with E-state index in [2.05, 4.69) is 75.5 Å². The smallest absolute Gasteiger partial charge is 0.341 e. The first-order chi connectivity index (χ1) is 17.4. The molecule has 4 aromatic rings. The first-order valence-electron chi connectivity index (χ1n) is 12.4. The molecule has 3 aromatic carbocycles. The molecule has 1 aliphatic rings. The Morgan fingerprint density at radius 2 is 1.42 bits per heavy atom. The second kappa shape index (κ2) is 10.3. The van der Waals surface area contributed by atoms with Crippen LogP contribution in [-0.4, -0.2) is 28.0 Å². The van der Waals surface area contributed by atoms with Crippen molar-refractivity contribution in [1.29, 1.82) is 0 Å². The summed E-state index contributed by atoms with van der Waals surface area (Å²) < 4.78 is 38.7. The maximum atomic E-state index is 12.9. The molecule has 0 amide bonds. The van der Waals surface area contributed by atoms with Gasteiger partial charge in [-0.15, -0.1) is 0 Å². The van der Waals surface area contributed by atoms with Crippen molar-refractivity contribution < 1.29 is 13.2 Å². The molecule has 0 aliphatic carbocycles. The number of H-pyrrole nitrogens is 1. The standard InChI is InChI=1S/C30H30F3N3/c1-21-27(35-29(34-21)25-12-14-26(15-13-25)30(31,32)33)20-36-18-16-24(17-19-36)28(22-8-4-2-5-9-22)23-10-6-3-7-11-23/h2-15,24,28H,16-20H2,1H3,(H,34,35). The van der Waals surface area contributed by atoms with Crippen molar-refractivity contribution in [3.63, 3.8) is 0 Å². The predicted octanol–water partition coefficient (Wildman–Crippen LogP) is 7.45. The van der Waals surface area contributed by atoms with E-state index in [1.165, 1.54) is 23.3 Å². The Morgan fingerprint density at radius 1 is 0.861 bits per heavy atom. The van der Waals surface area contributed by atoms with E-state index in [-0.39, 0.29) is 0 Å². The predicted molar refractivity (Wildman–Crippen MR) is 136 cm³/mol. The molecule has 36 heavy (non-hydrogen) atoms. The zero-order chi connectivity index (χ0) is 25.1. The summed E-state index contributed by atoms with van der Waals surface area (Å²) in [5.41, 5.74) is 4.65.